The van der Waals surface area contributed by atoms with E-state index in [0.29, 0.717) is 11.3 Å². The van der Waals surface area contributed by atoms with Crippen LogP contribution >= 0.6 is 0 Å². The molecule has 0 unspecified atom stereocenters. The number of para-hydroxylation sites is 1. The fraction of sp³-hybridized carbons (Fsp3) is 0.120. The molecule has 0 atom stereocenters. The first-order valence-corrected chi connectivity index (χ1v) is 10.2. The van der Waals surface area contributed by atoms with Gasteiger partial charge in [0.05, 0.1) is 18.5 Å². The van der Waals surface area contributed by atoms with Gasteiger partial charge in [-0.15, -0.1) is 0 Å². The van der Waals surface area contributed by atoms with E-state index in [1.807, 2.05) is 47.0 Å². The number of phenols is 1. The van der Waals surface area contributed by atoms with Crippen molar-refractivity contribution in [2.75, 3.05) is 12.4 Å². The Morgan fingerprint density at radius 3 is 2.81 bits per heavy atom. The van der Waals surface area contributed by atoms with E-state index in [1.54, 1.807) is 18.2 Å². The van der Waals surface area contributed by atoms with E-state index in [-0.39, 0.29) is 30.7 Å². The van der Waals surface area contributed by atoms with E-state index >= 15 is 0 Å². The van der Waals surface area contributed by atoms with Gasteiger partial charge in [-0.25, -0.2) is 0 Å². The zero-order valence-electron chi connectivity index (χ0n) is 17.4. The number of nitrogens with zero attached hydrogens (tertiary/aromatic N) is 1. The molecule has 2 heterocycles. The quantitative estimate of drug-likeness (QED) is 0.461. The first kappa shape index (κ1) is 19.7. The molecule has 2 amide bonds. The van der Waals surface area contributed by atoms with E-state index < -0.39 is 0 Å². The number of rotatable bonds is 4. The van der Waals surface area contributed by atoms with Gasteiger partial charge in [-0.05, 0) is 42.0 Å². The van der Waals surface area contributed by atoms with Crippen LogP contribution in [0.2, 0.25) is 0 Å². The highest BCUT2D eigenvalue weighted by molar-refractivity contribution is 6.03. The molecule has 1 aliphatic rings. The fourth-order valence-electron chi connectivity index (χ4n) is 4.05. The number of aromatic hydroxyl groups is 1. The van der Waals surface area contributed by atoms with Gasteiger partial charge in [-0.2, -0.15) is 0 Å². The third-order valence-corrected chi connectivity index (χ3v) is 5.64. The Labute approximate surface area is 184 Å². The summed E-state index contributed by atoms with van der Waals surface area (Å²) in [4.78, 5) is 25.3. The number of hydrogen-bond donors (Lipinski definition) is 3. The molecule has 1 aromatic heterocycles. The van der Waals surface area contributed by atoms with Crippen LogP contribution in [0.5, 0.6) is 11.5 Å². The van der Waals surface area contributed by atoms with Crippen molar-refractivity contribution in [1.29, 1.82) is 0 Å². The van der Waals surface area contributed by atoms with Crippen LogP contribution in [0.15, 0.2) is 66.7 Å². The Bertz CT molecular complexity index is 1370. The maximum absolute atomic E-state index is 12.8. The molecule has 0 saturated carbocycles. The van der Waals surface area contributed by atoms with Crippen LogP contribution in [0.4, 0.5) is 5.69 Å². The van der Waals surface area contributed by atoms with E-state index in [2.05, 4.69) is 10.6 Å². The molecule has 160 valence electrons. The molecule has 0 fully saturated rings. The van der Waals surface area contributed by atoms with E-state index in [0.717, 1.165) is 33.4 Å². The van der Waals surface area contributed by atoms with Gasteiger partial charge >= 0.3 is 0 Å². The summed E-state index contributed by atoms with van der Waals surface area (Å²) in [5.74, 6) is 0.0676. The van der Waals surface area contributed by atoms with Gasteiger partial charge in [0.2, 0.25) is 5.91 Å². The molecule has 3 aromatic carbocycles. The van der Waals surface area contributed by atoms with E-state index in [9.17, 15) is 14.7 Å². The highest BCUT2D eigenvalue weighted by Gasteiger charge is 2.21. The van der Waals surface area contributed by atoms with Crippen molar-refractivity contribution in [1.82, 2.24) is 9.88 Å². The predicted octanol–water partition coefficient (Wildman–Crippen LogP) is 3.90. The number of fused-ring (bicyclic) bond motifs is 5. The number of carbonyl (C=O) groups is 2. The van der Waals surface area contributed by atoms with Crippen LogP contribution in [-0.4, -0.2) is 28.6 Å². The zero-order valence-corrected chi connectivity index (χ0v) is 17.4. The van der Waals surface area contributed by atoms with Crippen LogP contribution < -0.4 is 15.4 Å². The Balaban J connectivity index is 1.45. The monoisotopic (exact) mass is 427 g/mol. The predicted molar refractivity (Wildman–Crippen MR) is 122 cm³/mol. The molecule has 7 nitrogen and oxygen atoms in total. The third-order valence-electron chi connectivity index (χ3n) is 5.64. The molecule has 0 aliphatic carbocycles. The van der Waals surface area contributed by atoms with Gasteiger partial charge in [0.1, 0.15) is 6.54 Å². The molecule has 0 radical (unpaired) electrons. The highest BCUT2D eigenvalue weighted by atomic mass is 16.5. The average molecular weight is 427 g/mol. The lowest BCUT2D eigenvalue weighted by Crippen LogP contribution is -2.23. The Kier molecular flexibility index (Phi) is 4.78. The molecule has 5 rings (SSSR count). The first-order chi connectivity index (χ1) is 15.5. The van der Waals surface area contributed by atoms with Gasteiger partial charge in [-0.3, -0.25) is 9.59 Å². The van der Waals surface area contributed by atoms with Crippen LogP contribution in [0, 0.1) is 0 Å². The smallest absolute Gasteiger partial charge is 0.251 e. The minimum atomic E-state index is -0.229. The molecule has 0 spiro atoms. The number of hydrogen-bond acceptors (Lipinski definition) is 4. The summed E-state index contributed by atoms with van der Waals surface area (Å²) in [7, 11) is 1.48. The Morgan fingerprint density at radius 1 is 1.12 bits per heavy atom. The summed E-state index contributed by atoms with van der Waals surface area (Å²) in [5, 5.41) is 16.5. The molecule has 32 heavy (non-hydrogen) atoms. The van der Waals surface area contributed by atoms with Crippen molar-refractivity contribution in [3.63, 3.8) is 0 Å². The summed E-state index contributed by atoms with van der Waals surface area (Å²) in [5.41, 5.74) is 4.79. The van der Waals surface area contributed by atoms with Crippen LogP contribution in [0.25, 0.3) is 22.2 Å². The topological polar surface area (TPSA) is 92.6 Å². The largest absolute Gasteiger partial charge is 0.504 e. The zero-order chi connectivity index (χ0) is 22.2. The summed E-state index contributed by atoms with van der Waals surface area (Å²) < 4.78 is 7.06. The molecule has 7 heteroatoms. The number of nitrogens with one attached hydrogen (secondary N) is 2. The summed E-state index contributed by atoms with van der Waals surface area (Å²) in [6.07, 6.45) is 0. The van der Waals surface area contributed by atoms with Crippen molar-refractivity contribution < 1.29 is 19.4 Å². The second kappa shape index (κ2) is 7.77. The maximum atomic E-state index is 12.8. The summed E-state index contributed by atoms with van der Waals surface area (Å²) in [6.45, 7) is 0.460. The number of carbonyl (C=O) groups excluding carboxylic acids is 2. The summed E-state index contributed by atoms with van der Waals surface area (Å²) in [6, 6.07) is 20.2. The van der Waals surface area contributed by atoms with Crippen LogP contribution in [-0.2, 0) is 17.9 Å². The number of aromatic nitrogens is 1. The molecule has 3 N–H and O–H groups in total. The normalized spacial score (nSPS) is 12.5. The minimum absolute atomic E-state index is 0.0487. The van der Waals surface area contributed by atoms with Crippen LogP contribution in [0.3, 0.4) is 0 Å². The number of ether oxygens (including phenoxy) is 1. The van der Waals surface area contributed by atoms with Gasteiger partial charge in [0.15, 0.2) is 11.5 Å². The lowest BCUT2D eigenvalue weighted by Gasteiger charge is -2.09. The molecule has 1 aliphatic heterocycles. The fourth-order valence-corrected chi connectivity index (χ4v) is 4.05. The SMILES string of the molecule is COc1cc(CNC(=O)c2ccc3cc4n(c3c2)CC(=O)Nc2ccccc2-4)ccc1O. The number of amides is 2. The maximum Gasteiger partial charge on any atom is 0.251 e. The van der Waals surface area contributed by atoms with Gasteiger partial charge < -0.3 is 25.0 Å². The number of benzene rings is 3. The second-order valence-electron chi connectivity index (χ2n) is 7.67. The highest BCUT2D eigenvalue weighted by Crippen LogP contribution is 2.35. The van der Waals surface area contributed by atoms with Gasteiger partial charge in [-0.1, -0.05) is 30.3 Å². The molecular weight excluding hydrogens is 406 g/mol. The first-order valence-electron chi connectivity index (χ1n) is 10.2. The van der Waals surface area contributed by atoms with E-state index in [4.69, 9.17) is 4.74 Å². The van der Waals surface area contributed by atoms with Crippen LogP contribution in [0.1, 0.15) is 15.9 Å². The average Bonchev–Trinajstić information content (AvgIpc) is 3.08. The van der Waals surface area contributed by atoms with Crippen molar-refractivity contribution in [2.24, 2.45) is 0 Å². The summed E-state index contributed by atoms with van der Waals surface area (Å²) >= 11 is 0. The van der Waals surface area contributed by atoms with Crippen molar-refractivity contribution in [3.05, 3.63) is 77.9 Å². The molecular formula is C25H21N3O4. The number of anilines is 1. The lowest BCUT2D eigenvalue weighted by atomic mass is 10.1. The third kappa shape index (κ3) is 3.43. The van der Waals surface area contributed by atoms with Gasteiger partial charge in [0, 0.05) is 28.6 Å². The van der Waals surface area contributed by atoms with Crippen molar-refractivity contribution >= 4 is 28.4 Å². The second-order valence-corrected chi connectivity index (χ2v) is 7.67. The van der Waals surface area contributed by atoms with E-state index in [1.165, 1.54) is 13.2 Å². The van der Waals surface area contributed by atoms with Crippen molar-refractivity contribution in [2.45, 2.75) is 13.1 Å². The van der Waals surface area contributed by atoms with Crippen molar-refractivity contribution in [3.8, 4) is 22.8 Å². The standard InChI is InChI=1S/C25H21N3O4/c1-32-23-10-15(6-9-22(23)29)13-26-25(31)17-8-7-16-11-21-18-4-2-3-5-19(18)27-24(30)14-28(21)20(16)12-17/h2-12,29H,13-14H2,1H3,(H,26,31)(H,27,30). The van der Waals surface area contributed by atoms with Gasteiger partial charge in [0.25, 0.3) is 5.91 Å². The number of methoxy groups -OCH3 is 1. The Morgan fingerprint density at radius 2 is 1.97 bits per heavy atom. The lowest BCUT2D eigenvalue weighted by molar-refractivity contribution is -0.116. The molecule has 0 bridgehead atoms. The molecule has 0 saturated heterocycles. The number of phenolic OH excluding ortho intramolecular Hbond substituents is 1. The molecule has 4 aromatic rings. The minimum Gasteiger partial charge on any atom is -0.504 e. The Hall–Kier alpha value is -4.26.